The molecule has 0 bridgehead atoms. The van der Waals surface area contributed by atoms with E-state index in [0.29, 0.717) is 23.0 Å². The van der Waals surface area contributed by atoms with Crippen LogP contribution in [0.25, 0.3) is 0 Å². The SMILES string of the molecule is COc1ccc(C2C(C(=O)NN)=C(C)N=C3NNC(=O)CN32)cc1. The number of allylic oxidation sites excluding steroid dienone is 1. The molecule has 2 aliphatic heterocycles. The number of hydrazine groups is 2. The number of carbonyl (C=O) groups excluding carboxylic acids is 2. The lowest BCUT2D eigenvalue weighted by atomic mass is 9.93. The van der Waals surface area contributed by atoms with Crippen molar-refractivity contribution in [3.8, 4) is 5.75 Å². The summed E-state index contributed by atoms with van der Waals surface area (Å²) in [6, 6.07) is 6.79. The van der Waals surface area contributed by atoms with Gasteiger partial charge in [-0.3, -0.25) is 25.9 Å². The predicted octanol–water partition coefficient (Wildman–Crippen LogP) is -0.694. The number of methoxy groups -OCH3 is 1. The van der Waals surface area contributed by atoms with E-state index in [0.717, 1.165) is 5.56 Å². The summed E-state index contributed by atoms with van der Waals surface area (Å²) >= 11 is 0. The number of hydrogen-bond acceptors (Lipinski definition) is 7. The van der Waals surface area contributed by atoms with Gasteiger partial charge in [-0.05, 0) is 24.6 Å². The van der Waals surface area contributed by atoms with Gasteiger partial charge in [0.1, 0.15) is 12.3 Å². The maximum Gasteiger partial charge on any atom is 0.265 e. The molecule has 0 radical (unpaired) electrons. The summed E-state index contributed by atoms with van der Waals surface area (Å²) < 4.78 is 5.17. The van der Waals surface area contributed by atoms with Crippen LogP contribution >= 0.6 is 0 Å². The normalized spacial score (nSPS) is 19.8. The minimum atomic E-state index is -0.495. The highest BCUT2D eigenvalue weighted by atomic mass is 16.5. The van der Waals surface area contributed by atoms with Crippen LogP contribution < -0.4 is 26.9 Å². The highest BCUT2D eigenvalue weighted by molar-refractivity contribution is 6.00. The number of ether oxygens (including phenoxy) is 1. The molecule has 1 fully saturated rings. The second-order valence-corrected chi connectivity index (χ2v) is 5.38. The van der Waals surface area contributed by atoms with Gasteiger partial charge in [0.2, 0.25) is 5.96 Å². The van der Waals surface area contributed by atoms with Crippen molar-refractivity contribution in [1.29, 1.82) is 0 Å². The second kappa shape index (κ2) is 6.20. The summed E-state index contributed by atoms with van der Waals surface area (Å²) in [7, 11) is 1.58. The van der Waals surface area contributed by atoms with Crippen LogP contribution in [-0.2, 0) is 9.59 Å². The molecule has 24 heavy (non-hydrogen) atoms. The Kier molecular flexibility index (Phi) is 4.09. The Morgan fingerprint density at radius 2 is 2.08 bits per heavy atom. The van der Waals surface area contributed by atoms with E-state index in [2.05, 4.69) is 21.3 Å². The topological polar surface area (TPSA) is 121 Å². The van der Waals surface area contributed by atoms with Crippen LogP contribution in [0.1, 0.15) is 18.5 Å². The van der Waals surface area contributed by atoms with Crippen molar-refractivity contribution in [2.45, 2.75) is 13.0 Å². The summed E-state index contributed by atoms with van der Waals surface area (Å²) in [5.74, 6) is 5.84. The Morgan fingerprint density at radius 1 is 1.38 bits per heavy atom. The molecule has 0 spiro atoms. The van der Waals surface area contributed by atoms with Crippen LogP contribution in [-0.4, -0.2) is 36.3 Å². The van der Waals surface area contributed by atoms with Crippen LogP contribution in [0.4, 0.5) is 0 Å². The molecule has 126 valence electrons. The fourth-order valence-corrected chi connectivity index (χ4v) is 2.84. The molecule has 9 heteroatoms. The first-order valence-electron chi connectivity index (χ1n) is 7.31. The third-order valence-corrected chi connectivity index (χ3v) is 3.96. The Hall–Kier alpha value is -3.07. The van der Waals surface area contributed by atoms with E-state index in [4.69, 9.17) is 10.6 Å². The molecule has 2 heterocycles. The number of guanidine groups is 1. The lowest BCUT2D eigenvalue weighted by Gasteiger charge is -2.40. The van der Waals surface area contributed by atoms with Gasteiger partial charge in [-0.1, -0.05) is 12.1 Å². The standard InChI is InChI=1S/C15H18N6O3/c1-8-12(14(23)18-16)13(9-3-5-10(24-2)6-4-9)21-7-11(22)19-20-15(21)17-8/h3-6,13H,7,16H2,1-2H3,(H,17,20)(H,18,23)(H,19,22). The highest BCUT2D eigenvalue weighted by Gasteiger charge is 2.38. The van der Waals surface area contributed by atoms with E-state index in [1.54, 1.807) is 31.1 Å². The molecule has 0 aromatic heterocycles. The van der Waals surface area contributed by atoms with Crippen LogP contribution in [0, 0.1) is 0 Å². The van der Waals surface area contributed by atoms with Crippen molar-refractivity contribution in [2.24, 2.45) is 10.8 Å². The van der Waals surface area contributed by atoms with Gasteiger partial charge in [0.05, 0.1) is 24.4 Å². The number of aliphatic imine (C=N–C) groups is 1. The summed E-state index contributed by atoms with van der Waals surface area (Å²) in [5.41, 5.74) is 9.16. The Balaban J connectivity index is 2.10. The average molecular weight is 330 g/mol. The van der Waals surface area contributed by atoms with Crippen LogP contribution in [0.2, 0.25) is 0 Å². The van der Waals surface area contributed by atoms with Gasteiger partial charge in [-0.15, -0.1) is 0 Å². The molecule has 3 rings (SSSR count). The fourth-order valence-electron chi connectivity index (χ4n) is 2.84. The van der Waals surface area contributed by atoms with Gasteiger partial charge in [0.25, 0.3) is 11.8 Å². The van der Waals surface area contributed by atoms with Crippen LogP contribution in [0.5, 0.6) is 5.75 Å². The number of nitrogens with zero attached hydrogens (tertiary/aromatic N) is 2. The van der Waals surface area contributed by atoms with E-state index in [1.165, 1.54) is 0 Å². The number of amides is 2. The third-order valence-electron chi connectivity index (χ3n) is 3.96. The molecular formula is C15H18N6O3. The van der Waals surface area contributed by atoms with Crippen LogP contribution in [0.3, 0.4) is 0 Å². The minimum Gasteiger partial charge on any atom is -0.497 e. The van der Waals surface area contributed by atoms with Gasteiger partial charge in [0.15, 0.2) is 0 Å². The van der Waals surface area contributed by atoms with Gasteiger partial charge < -0.3 is 9.64 Å². The van der Waals surface area contributed by atoms with E-state index in [-0.39, 0.29) is 12.5 Å². The molecule has 0 saturated carbocycles. The fraction of sp³-hybridized carbons (Fsp3) is 0.267. The van der Waals surface area contributed by atoms with Crippen molar-refractivity contribution >= 4 is 17.8 Å². The summed E-state index contributed by atoms with van der Waals surface area (Å²) in [5, 5.41) is 0. The zero-order chi connectivity index (χ0) is 17.3. The summed E-state index contributed by atoms with van der Waals surface area (Å²) in [6.07, 6.45) is 0. The lowest BCUT2D eigenvalue weighted by molar-refractivity contribution is -0.124. The van der Waals surface area contributed by atoms with Gasteiger partial charge in [-0.25, -0.2) is 10.8 Å². The number of carbonyl (C=O) groups is 2. The van der Waals surface area contributed by atoms with E-state index < -0.39 is 11.9 Å². The maximum absolute atomic E-state index is 12.3. The number of nitrogens with two attached hydrogens (primary N) is 1. The van der Waals surface area contributed by atoms with Gasteiger partial charge in [-0.2, -0.15) is 0 Å². The van der Waals surface area contributed by atoms with Crippen LogP contribution in [0.15, 0.2) is 40.5 Å². The van der Waals surface area contributed by atoms with Gasteiger partial charge in [0, 0.05) is 0 Å². The number of benzene rings is 1. The van der Waals surface area contributed by atoms with Crippen molar-refractivity contribution < 1.29 is 14.3 Å². The van der Waals surface area contributed by atoms with Crippen molar-refractivity contribution in [3.63, 3.8) is 0 Å². The lowest BCUT2D eigenvalue weighted by Crippen LogP contribution is -2.61. The summed E-state index contributed by atoms with van der Waals surface area (Å²) in [6.45, 7) is 1.79. The predicted molar refractivity (Wildman–Crippen MR) is 86.2 cm³/mol. The Morgan fingerprint density at radius 3 is 2.71 bits per heavy atom. The smallest absolute Gasteiger partial charge is 0.265 e. The first-order valence-corrected chi connectivity index (χ1v) is 7.31. The number of nitrogens with one attached hydrogen (secondary N) is 3. The zero-order valence-electron chi connectivity index (χ0n) is 13.3. The second-order valence-electron chi connectivity index (χ2n) is 5.38. The van der Waals surface area contributed by atoms with Crippen molar-refractivity contribution in [3.05, 3.63) is 41.1 Å². The molecular weight excluding hydrogens is 312 g/mol. The molecule has 1 aromatic carbocycles. The molecule has 1 aromatic rings. The van der Waals surface area contributed by atoms with Crippen molar-refractivity contribution in [1.82, 2.24) is 21.2 Å². The largest absolute Gasteiger partial charge is 0.497 e. The molecule has 1 saturated heterocycles. The first kappa shape index (κ1) is 15.8. The van der Waals surface area contributed by atoms with Crippen molar-refractivity contribution in [2.75, 3.05) is 13.7 Å². The summed E-state index contributed by atoms with van der Waals surface area (Å²) in [4.78, 5) is 30.2. The first-order chi connectivity index (χ1) is 11.5. The van der Waals surface area contributed by atoms with E-state index >= 15 is 0 Å². The molecule has 5 N–H and O–H groups in total. The molecule has 1 atom stereocenters. The van der Waals surface area contributed by atoms with E-state index in [9.17, 15) is 9.59 Å². The molecule has 0 aliphatic carbocycles. The molecule has 9 nitrogen and oxygen atoms in total. The zero-order valence-corrected chi connectivity index (χ0v) is 13.3. The highest BCUT2D eigenvalue weighted by Crippen LogP contribution is 2.35. The monoisotopic (exact) mass is 330 g/mol. The number of hydrogen-bond donors (Lipinski definition) is 4. The Bertz CT molecular complexity index is 740. The quantitative estimate of drug-likeness (QED) is 0.331. The average Bonchev–Trinajstić information content (AvgIpc) is 2.60. The Labute approximate surface area is 138 Å². The van der Waals surface area contributed by atoms with Gasteiger partial charge >= 0.3 is 0 Å². The number of rotatable bonds is 3. The molecule has 1 unspecified atom stereocenters. The molecule has 2 amide bonds. The molecule has 2 aliphatic rings. The minimum absolute atomic E-state index is 0.0666. The maximum atomic E-state index is 12.3. The van der Waals surface area contributed by atoms with E-state index in [1.807, 2.05) is 12.1 Å². The number of fused-ring (bicyclic) bond motifs is 1. The third kappa shape index (κ3) is 2.65.